The number of hydrogen-bond acceptors (Lipinski definition) is 3. The van der Waals surface area contributed by atoms with E-state index in [1.807, 2.05) is 0 Å². The summed E-state index contributed by atoms with van der Waals surface area (Å²) in [6.07, 6.45) is 3.76. The first-order chi connectivity index (χ1) is 7.68. The second kappa shape index (κ2) is 8.04. The number of rotatable bonds is 8. The van der Waals surface area contributed by atoms with Crippen LogP contribution < -0.4 is 5.32 Å². The molecule has 2 atom stereocenters. The summed E-state index contributed by atoms with van der Waals surface area (Å²) in [4.78, 5) is 0. The molecule has 1 saturated heterocycles. The first kappa shape index (κ1) is 13.9. The van der Waals surface area contributed by atoms with Gasteiger partial charge in [-0.25, -0.2) is 0 Å². The molecule has 0 saturated carbocycles. The van der Waals surface area contributed by atoms with Crippen molar-refractivity contribution in [2.75, 3.05) is 26.4 Å². The molecule has 1 aliphatic rings. The van der Waals surface area contributed by atoms with Crippen LogP contribution in [0, 0.1) is 5.92 Å². The number of hydrogen-bond donors (Lipinski definition) is 1. The van der Waals surface area contributed by atoms with Crippen LogP contribution in [0.4, 0.5) is 0 Å². The summed E-state index contributed by atoms with van der Waals surface area (Å²) in [5.41, 5.74) is 0. The minimum atomic E-state index is 0.355. The average molecular weight is 229 g/mol. The molecule has 0 radical (unpaired) electrons. The summed E-state index contributed by atoms with van der Waals surface area (Å²) in [5.74, 6) is 0.773. The normalized spacial score (nSPS) is 22.9. The van der Waals surface area contributed by atoms with Gasteiger partial charge in [-0.1, -0.05) is 13.8 Å². The van der Waals surface area contributed by atoms with Crippen molar-refractivity contribution in [3.8, 4) is 0 Å². The third-order valence-corrected chi connectivity index (χ3v) is 2.88. The van der Waals surface area contributed by atoms with Gasteiger partial charge in [0.05, 0.1) is 12.7 Å². The minimum Gasteiger partial charge on any atom is -0.379 e. The minimum absolute atomic E-state index is 0.355. The van der Waals surface area contributed by atoms with Gasteiger partial charge in [0.2, 0.25) is 0 Å². The Morgan fingerprint density at radius 3 is 2.81 bits per heavy atom. The molecule has 3 heteroatoms. The van der Waals surface area contributed by atoms with Gasteiger partial charge in [-0.05, 0) is 38.6 Å². The van der Waals surface area contributed by atoms with Crippen molar-refractivity contribution in [2.24, 2.45) is 5.92 Å². The number of nitrogens with one attached hydrogen (secondary N) is 1. The molecule has 1 aliphatic heterocycles. The summed E-state index contributed by atoms with van der Waals surface area (Å²) >= 11 is 0. The molecule has 1 fully saturated rings. The van der Waals surface area contributed by atoms with Crippen molar-refractivity contribution in [1.82, 2.24) is 5.32 Å². The summed E-state index contributed by atoms with van der Waals surface area (Å²) in [5, 5.41) is 3.53. The Kier molecular flexibility index (Phi) is 7.01. The molecule has 1 N–H and O–H groups in total. The lowest BCUT2D eigenvalue weighted by molar-refractivity contribution is 0.0413. The zero-order chi connectivity index (χ0) is 11.8. The summed E-state index contributed by atoms with van der Waals surface area (Å²) < 4.78 is 11.0. The molecule has 0 aromatic rings. The van der Waals surface area contributed by atoms with Gasteiger partial charge >= 0.3 is 0 Å². The van der Waals surface area contributed by atoms with E-state index < -0.39 is 0 Å². The van der Waals surface area contributed by atoms with E-state index in [0.29, 0.717) is 12.1 Å². The van der Waals surface area contributed by atoms with Crippen LogP contribution in [0.5, 0.6) is 0 Å². The molecule has 96 valence electrons. The molecule has 0 bridgehead atoms. The fourth-order valence-corrected chi connectivity index (χ4v) is 2.11. The van der Waals surface area contributed by atoms with Crippen molar-refractivity contribution in [3.05, 3.63) is 0 Å². The highest BCUT2D eigenvalue weighted by Crippen LogP contribution is 2.08. The lowest BCUT2D eigenvalue weighted by Crippen LogP contribution is -2.29. The second-order valence-corrected chi connectivity index (χ2v) is 5.19. The van der Waals surface area contributed by atoms with Gasteiger partial charge in [-0.15, -0.1) is 0 Å². The largest absolute Gasteiger partial charge is 0.379 e. The van der Waals surface area contributed by atoms with Gasteiger partial charge in [0.15, 0.2) is 0 Å². The third kappa shape index (κ3) is 6.46. The van der Waals surface area contributed by atoms with Gasteiger partial charge in [0.1, 0.15) is 0 Å². The van der Waals surface area contributed by atoms with Crippen molar-refractivity contribution < 1.29 is 9.47 Å². The van der Waals surface area contributed by atoms with Gasteiger partial charge in [-0.2, -0.15) is 0 Å². The lowest BCUT2D eigenvalue weighted by atomic mass is 10.1. The zero-order valence-corrected chi connectivity index (χ0v) is 11.0. The molecule has 1 heterocycles. The van der Waals surface area contributed by atoms with E-state index in [0.717, 1.165) is 45.1 Å². The maximum atomic E-state index is 5.70. The van der Waals surface area contributed by atoms with Gasteiger partial charge in [0.25, 0.3) is 0 Å². The molecule has 0 aromatic heterocycles. The number of ether oxygens (including phenoxy) is 2. The van der Waals surface area contributed by atoms with E-state index in [4.69, 9.17) is 9.47 Å². The molecule has 0 spiro atoms. The molecule has 0 amide bonds. The smallest absolute Gasteiger partial charge is 0.0830 e. The maximum absolute atomic E-state index is 5.70. The molecule has 1 rings (SSSR count). The Hall–Kier alpha value is -0.120. The van der Waals surface area contributed by atoms with Crippen LogP contribution >= 0.6 is 0 Å². The van der Waals surface area contributed by atoms with E-state index in [1.165, 1.54) is 6.42 Å². The Morgan fingerprint density at radius 1 is 1.38 bits per heavy atom. The van der Waals surface area contributed by atoms with Crippen molar-refractivity contribution in [3.63, 3.8) is 0 Å². The third-order valence-electron chi connectivity index (χ3n) is 2.88. The van der Waals surface area contributed by atoms with Crippen LogP contribution in [-0.2, 0) is 9.47 Å². The highest BCUT2D eigenvalue weighted by atomic mass is 16.5. The Balaban J connectivity index is 1.87. The Morgan fingerprint density at radius 2 is 2.19 bits per heavy atom. The van der Waals surface area contributed by atoms with Crippen LogP contribution in [0.25, 0.3) is 0 Å². The van der Waals surface area contributed by atoms with Crippen LogP contribution in [0.2, 0.25) is 0 Å². The van der Waals surface area contributed by atoms with E-state index >= 15 is 0 Å². The first-order valence-electron chi connectivity index (χ1n) is 6.61. The molecule has 3 nitrogen and oxygen atoms in total. The topological polar surface area (TPSA) is 30.5 Å². The van der Waals surface area contributed by atoms with Gasteiger partial charge < -0.3 is 14.8 Å². The van der Waals surface area contributed by atoms with Crippen molar-refractivity contribution in [1.29, 1.82) is 0 Å². The van der Waals surface area contributed by atoms with Crippen LogP contribution in [0.15, 0.2) is 0 Å². The molecular weight excluding hydrogens is 202 g/mol. The van der Waals surface area contributed by atoms with Gasteiger partial charge in [-0.3, -0.25) is 0 Å². The molecule has 2 unspecified atom stereocenters. The molecule has 16 heavy (non-hydrogen) atoms. The lowest BCUT2D eigenvalue weighted by Gasteiger charge is -2.16. The standard InChI is InChI=1S/C13H27NO2/c1-11(2)9-12(3)14-6-4-7-16-13-5-8-15-10-13/h11-14H,4-10H2,1-3H3. The highest BCUT2D eigenvalue weighted by Gasteiger charge is 2.15. The van der Waals surface area contributed by atoms with Crippen LogP contribution in [-0.4, -0.2) is 38.5 Å². The monoisotopic (exact) mass is 229 g/mol. The SMILES string of the molecule is CC(C)CC(C)NCCCOC1CCOC1. The summed E-state index contributed by atoms with van der Waals surface area (Å²) in [6.45, 7) is 10.4. The van der Waals surface area contributed by atoms with Crippen LogP contribution in [0.3, 0.4) is 0 Å². The van der Waals surface area contributed by atoms with E-state index in [-0.39, 0.29) is 0 Å². The van der Waals surface area contributed by atoms with E-state index in [1.54, 1.807) is 0 Å². The van der Waals surface area contributed by atoms with Crippen molar-refractivity contribution >= 4 is 0 Å². The predicted molar refractivity (Wildman–Crippen MR) is 66.7 cm³/mol. The fourth-order valence-electron chi connectivity index (χ4n) is 2.11. The van der Waals surface area contributed by atoms with E-state index in [9.17, 15) is 0 Å². The molecule has 0 aromatic carbocycles. The summed E-state index contributed by atoms with van der Waals surface area (Å²) in [6, 6.07) is 0.620. The zero-order valence-electron chi connectivity index (χ0n) is 11.0. The Bertz CT molecular complexity index is 167. The molecular formula is C13H27NO2. The predicted octanol–water partition coefficient (Wildman–Crippen LogP) is 2.21. The van der Waals surface area contributed by atoms with E-state index in [2.05, 4.69) is 26.1 Å². The summed E-state index contributed by atoms with van der Waals surface area (Å²) in [7, 11) is 0. The maximum Gasteiger partial charge on any atom is 0.0830 e. The Labute approximate surface area is 99.9 Å². The first-order valence-corrected chi connectivity index (χ1v) is 6.61. The second-order valence-electron chi connectivity index (χ2n) is 5.19. The quantitative estimate of drug-likeness (QED) is 0.647. The highest BCUT2D eigenvalue weighted by molar-refractivity contribution is 4.64. The van der Waals surface area contributed by atoms with Crippen LogP contribution in [0.1, 0.15) is 40.0 Å². The fraction of sp³-hybridized carbons (Fsp3) is 1.00. The molecule has 0 aliphatic carbocycles. The van der Waals surface area contributed by atoms with Crippen molar-refractivity contribution in [2.45, 2.75) is 52.2 Å². The average Bonchev–Trinajstić information content (AvgIpc) is 2.68. The van der Waals surface area contributed by atoms with Gasteiger partial charge in [0, 0.05) is 19.3 Å².